The molecule has 168 valence electrons. The second-order valence-electron chi connectivity index (χ2n) is 7.51. The fourth-order valence-electron chi connectivity index (χ4n) is 2.96. The lowest BCUT2D eigenvalue weighted by Gasteiger charge is -2.16. The van der Waals surface area contributed by atoms with Crippen LogP contribution in [0.2, 0.25) is 0 Å². The Balaban J connectivity index is 4.29. The second-order valence-corrected chi connectivity index (χ2v) is 7.51. The van der Waals surface area contributed by atoms with Gasteiger partial charge in [0.1, 0.15) is 0 Å². The third-order valence-electron chi connectivity index (χ3n) is 4.82. The van der Waals surface area contributed by atoms with E-state index in [9.17, 15) is 14.4 Å². The average Bonchev–Trinajstić information content (AvgIpc) is 2.69. The van der Waals surface area contributed by atoms with Crippen LogP contribution in [0.25, 0.3) is 0 Å². The summed E-state index contributed by atoms with van der Waals surface area (Å²) in [6.45, 7) is 8.38. The number of carboxylic acid groups (broad SMARTS) is 1. The molecule has 0 aliphatic rings. The third kappa shape index (κ3) is 14.8. The van der Waals surface area contributed by atoms with E-state index in [1.807, 2.05) is 0 Å². The Labute approximate surface area is 176 Å². The zero-order valence-corrected chi connectivity index (χ0v) is 18.4. The molecule has 0 aliphatic heterocycles. The van der Waals surface area contributed by atoms with Gasteiger partial charge < -0.3 is 14.6 Å². The molecule has 0 aliphatic carbocycles. The first-order valence-corrected chi connectivity index (χ1v) is 11.2. The molecule has 0 amide bonds. The van der Waals surface area contributed by atoms with Gasteiger partial charge in [-0.2, -0.15) is 0 Å². The normalized spacial score (nSPS) is 11.7. The van der Waals surface area contributed by atoms with Gasteiger partial charge in [0.2, 0.25) is 0 Å². The van der Waals surface area contributed by atoms with Crippen molar-refractivity contribution < 1.29 is 29.0 Å². The maximum absolute atomic E-state index is 12.3. The maximum atomic E-state index is 12.3. The summed E-state index contributed by atoms with van der Waals surface area (Å²) < 4.78 is 10.4. The zero-order chi connectivity index (χ0) is 21.9. The van der Waals surface area contributed by atoms with Crippen LogP contribution in [0.1, 0.15) is 97.3 Å². The number of ether oxygens (including phenoxy) is 2. The smallest absolute Gasteiger partial charge is 0.334 e. The van der Waals surface area contributed by atoms with Crippen LogP contribution in [0.3, 0.4) is 0 Å². The standard InChI is InChI=1S/C23H40O6/c1-4-6-8-10-12-14-16-28-22(26)19(3)20(18-21(24)25)23(27)29-17-15-13-11-9-7-5-2/h20H,3-18H2,1-2H3,(H,24,25). The topological polar surface area (TPSA) is 89.9 Å². The van der Waals surface area contributed by atoms with Crippen LogP contribution < -0.4 is 0 Å². The molecule has 0 aromatic carbocycles. The van der Waals surface area contributed by atoms with Gasteiger partial charge in [-0.3, -0.25) is 9.59 Å². The number of hydrogen-bond donors (Lipinski definition) is 1. The molecule has 0 rings (SSSR count). The molecule has 0 heterocycles. The lowest BCUT2D eigenvalue weighted by molar-refractivity contribution is -0.154. The number of hydrogen-bond acceptors (Lipinski definition) is 5. The molecule has 0 spiro atoms. The van der Waals surface area contributed by atoms with Crippen molar-refractivity contribution in [3.63, 3.8) is 0 Å². The Kier molecular flexibility index (Phi) is 17.0. The molecule has 6 heteroatoms. The van der Waals surface area contributed by atoms with E-state index in [0.29, 0.717) is 0 Å². The van der Waals surface area contributed by atoms with E-state index in [-0.39, 0.29) is 18.8 Å². The molecule has 1 atom stereocenters. The summed E-state index contributed by atoms with van der Waals surface area (Å²) in [7, 11) is 0. The van der Waals surface area contributed by atoms with Crippen LogP contribution in [0, 0.1) is 5.92 Å². The summed E-state index contributed by atoms with van der Waals surface area (Å²) in [5, 5.41) is 9.07. The van der Waals surface area contributed by atoms with E-state index in [0.717, 1.165) is 44.9 Å². The highest BCUT2D eigenvalue weighted by Gasteiger charge is 2.30. The molecule has 1 unspecified atom stereocenters. The minimum atomic E-state index is -1.20. The minimum absolute atomic E-state index is 0.147. The molecule has 0 aromatic heterocycles. The summed E-state index contributed by atoms with van der Waals surface area (Å²) in [5.74, 6) is -3.83. The van der Waals surface area contributed by atoms with E-state index < -0.39 is 30.2 Å². The monoisotopic (exact) mass is 412 g/mol. The lowest BCUT2D eigenvalue weighted by atomic mass is 9.97. The SMILES string of the molecule is C=C(C(=O)OCCCCCCCC)C(CC(=O)O)C(=O)OCCCCCCCC. The summed E-state index contributed by atoms with van der Waals surface area (Å²) in [5.41, 5.74) is -0.147. The Morgan fingerprint density at radius 1 is 0.759 bits per heavy atom. The molecule has 1 N–H and O–H groups in total. The van der Waals surface area contributed by atoms with Gasteiger partial charge in [0.25, 0.3) is 0 Å². The molecule has 0 saturated heterocycles. The van der Waals surface area contributed by atoms with E-state index in [1.54, 1.807) is 0 Å². The predicted octanol–water partition coefficient (Wildman–Crippen LogP) is 5.44. The molecule has 0 fully saturated rings. The molecule has 0 saturated carbocycles. The first kappa shape index (κ1) is 27.1. The number of esters is 2. The van der Waals surface area contributed by atoms with Gasteiger partial charge in [-0.25, -0.2) is 4.79 Å². The summed E-state index contributed by atoms with van der Waals surface area (Å²) >= 11 is 0. The van der Waals surface area contributed by atoms with Crippen LogP contribution in [-0.2, 0) is 23.9 Å². The minimum Gasteiger partial charge on any atom is -0.481 e. The van der Waals surface area contributed by atoms with Crippen molar-refractivity contribution in [2.75, 3.05) is 13.2 Å². The number of carbonyl (C=O) groups excluding carboxylic acids is 2. The molecule has 0 aromatic rings. The van der Waals surface area contributed by atoms with Crippen molar-refractivity contribution in [3.8, 4) is 0 Å². The third-order valence-corrected chi connectivity index (χ3v) is 4.82. The van der Waals surface area contributed by atoms with Gasteiger partial charge in [0.05, 0.1) is 25.6 Å². The van der Waals surface area contributed by atoms with E-state index >= 15 is 0 Å². The maximum Gasteiger partial charge on any atom is 0.334 e. The van der Waals surface area contributed by atoms with Crippen molar-refractivity contribution in [1.29, 1.82) is 0 Å². The number of carbonyl (C=O) groups is 3. The molecular weight excluding hydrogens is 372 g/mol. The Morgan fingerprint density at radius 2 is 1.21 bits per heavy atom. The molecule has 6 nitrogen and oxygen atoms in total. The summed E-state index contributed by atoms with van der Waals surface area (Å²) in [4.78, 5) is 35.5. The zero-order valence-electron chi connectivity index (χ0n) is 18.4. The quantitative estimate of drug-likeness (QED) is 0.173. The molecule has 29 heavy (non-hydrogen) atoms. The van der Waals surface area contributed by atoms with Crippen molar-refractivity contribution in [2.24, 2.45) is 5.92 Å². The Morgan fingerprint density at radius 3 is 1.69 bits per heavy atom. The van der Waals surface area contributed by atoms with Gasteiger partial charge >= 0.3 is 17.9 Å². The van der Waals surface area contributed by atoms with Gasteiger partial charge in [-0.05, 0) is 12.8 Å². The average molecular weight is 413 g/mol. The first-order valence-electron chi connectivity index (χ1n) is 11.2. The van der Waals surface area contributed by atoms with Gasteiger partial charge in [0, 0.05) is 5.57 Å². The van der Waals surface area contributed by atoms with E-state index in [1.165, 1.54) is 32.1 Å². The van der Waals surface area contributed by atoms with Gasteiger partial charge in [0.15, 0.2) is 0 Å². The lowest BCUT2D eigenvalue weighted by Crippen LogP contribution is -2.27. The molecule has 0 radical (unpaired) electrons. The summed E-state index contributed by atoms with van der Waals surface area (Å²) in [6.07, 6.45) is 12.1. The number of unbranched alkanes of at least 4 members (excludes halogenated alkanes) is 10. The largest absolute Gasteiger partial charge is 0.481 e. The number of aliphatic carboxylic acids is 1. The Hall–Kier alpha value is -1.85. The molecular formula is C23H40O6. The van der Waals surface area contributed by atoms with Crippen molar-refractivity contribution in [3.05, 3.63) is 12.2 Å². The van der Waals surface area contributed by atoms with E-state index in [2.05, 4.69) is 20.4 Å². The van der Waals surface area contributed by atoms with E-state index in [4.69, 9.17) is 14.6 Å². The fourth-order valence-corrected chi connectivity index (χ4v) is 2.96. The van der Waals surface area contributed by atoms with Crippen molar-refractivity contribution in [2.45, 2.75) is 97.3 Å². The highest BCUT2D eigenvalue weighted by atomic mass is 16.5. The Bertz CT molecular complexity index is 486. The van der Waals surface area contributed by atoms with Crippen LogP contribution in [0.4, 0.5) is 0 Å². The van der Waals surface area contributed by atoms with Crippen LogP contribution >= 0.6 is 0 Å². The summed E-state index contributed by atoms with van der Waals surface area (Å²) in [6, 6.07) is 0. The fraction of sp³-hybridized carbons (Fsp3) is 0.783. The van der Waals surface area contributed by atoms with Gasteiger partial charge in [-0.1, -0.05) is 84.6 Å². The number of carboxylic acids is 1. The first-order chi connectivity index (χ1) is 13.9. The number of rotatable bonds is 19. The van der Waals surface area contributed by atoms with Crippen molar-refractivity contribution >= 4 is 17.9 Å². The molecule has 0 bridgehead atoms. The predicted molar refractivity (Wildman–Crippen MR) is 114 cm³/mol. The van der Waals surface area contributed by atoms with Crippen molar-refractivity contribution in [1.82, 2.24) is 0 Å². The highest BCUT2D eigenvalue weighted by molar-refractivity contribution is 5.96. The second kappa shape index (κ2) is 18.2. The highest BCUT2D eigenvalue weighted by Crippen LogP contribution is 2.18. The van der Waals surface area contributed by atoms with Gasteiger partial charge in [-0.15, -0.1) is 0 Å². The van der Waals surface area contributed by atoms with Crippen LogP contribution in [0.5, 0.6) is 0 Å². The van der Waals surface area contributed by atoms with Crippen LogP contribution in [0.15, 0.2) is 12.2 Å². The van der Waals surface area contributed by atoms with Crippen LogP contribution in [-0.4, -0.2) is 36.2 Å².